The molecule has 2 heterocycles. The van der Waals surface area contributed by atoms with Crippen molar-refractivity contribution in [1.29, 1.82) is 0 Å². The number of carbonyl (C=O) groups is 1. The van der Waals surface area contributed by atoms with Crippen molar-refractivity contribution >= 4 is 34.8 Å². The predicted molar refractivity (Wildman–Crippen MR) is 151 cm³/mol. The molecule has 186 valence electrons. The average Bonchev–Trinajstić information content (AvgIpc) is 3.39. The number of carbonyl (C=O) groups excluding carboxylic acids is 1. The number of nitrogens with zero attached hydrogens (tertiary/aromatic N) is 3. The molecule has 0 aliphatic carbocycles. The van der Waals surface area contributed by atoms with Crippen molar-refractivity contribution in [3.63, 3.8) is 0 Å². The maximum Gasteiger partial charge on any atom is 0.255 e. The molecule has 1 unspecified atom stereocenters. The van der Waals surface area contributed by atoms with Gasteiger partial charge in [-0.1, -0.05) is 84.9 Å². The van der Waals surface area contributed by atoms with Crippen LogP contribution in [0.25, 0.3) is 10.8 Å². The number of nitrogens with one attached hydrogen (secondary N) is 1. The first-order valence-corrected chi connectivity index (χ1v) is 12.4. The van der Waals surface area contributed by atoms with Crippen molar-refractivity contribution in [2.24, 2.45) is 0 Å². The van der Waals surface area contributed by atoms with E-state index < -0.39 is 0 Å². The molecule has 0 saturated heterocycles. The van der Waals surface area contributed by atoms with E-state index in [1.165, 1.54) is 11.3 Å². The van der Waals surface area contributed by atoms with Crippen LogP contribution in [0.15, 0.2) is 110 Å². The third kappa shape index (κ3) is 5.09. The Kier molecular flexibility index (Phi) is 7.24. The first-order valence-electron chi connectivity index (χ1n) is 12.4. The molecule has 1 amide bonds. The summed E-state index contributed by atoms with van der Waals surface area (Å²) in [4.78, 5) is 26.2. The smallest absolute Gasteiger partial charge is 0.255 e. The van der Waals surface area contributed by atoms with Crippen LogP contribution in [0, 0.1) is 0 Å². The van der Waals surface area contributed by atoms with Gasteiger partial charge in [-0.15, -0.1) is 12.4 Å². The van der Waals surface area contributed by atoms with Gasteiger partial charge in [0.2, 0.25) is 0 Å². The molecule has 1 N–H and O–H groups in total. The largest absolute Gasteiger partial charge is 0.363 e. The zero-order chi connectivity index (χ0) is 24.3. The summed E-state index contributed by atoms with van der Waals surface area (Å²) in [5.41, 5.74) is 5.35. The summed E-state index contributed by atoms with van der Waals surface area (Å²) >= 11 is 0. The number of halogens is 1. The molecule has 1 aromatic heterocycles. The molecule has 1 aliphatic heterocycles. The molecule has 0 spiro atoms. The summed E-state index contributed by atoms with van der Waals surface area (Å²) in [5.74, 6) is 0.0749. The first kappa shape index (κ1) is 24.6. The summed E-state index contributed by atoms with van der Waals surface area (Å²) < 4.78 is 0. The lowest BCUT2D eigenvalue weighted by atomic mass is 10.00. The summed E-state index contributed by atoms with van der Waals surface area (Å²) in [6, 6.07) is 33.1. The Morgan fingerprint density at radius 2 is 1.65 bits per heavy atom. The lowest BCUT2D eigenvalue weighted by Crippen LogP contribution is -2.45. The highest BCUT2D eigenvalue weighted by molar-refractivity contribution is 6.07. The maximum absolute atomic E-state index is 14.3. The van der Waals surface area contributed by atoms with Gasteiger partial charge in [0.05, 0.1) is 24.6 Å². The van der Waals surface area contributed by atoms with Crippen LogP contribution in [0.1, 0.15) is 27.2 Å². The Labute approximate surface area is 223 Å². The van der Waals surface area contributed by atoms with E-state index in [2.05, 4.69) is 80.4 Å². The van der Waals surface area contributed by atoms with Crippen LogP contribution in [0.3, 0.4) is 0 Å². The Morgan fingerprint density at radius 3 is 2.49 bits per heavy atom. The van der Waals surface area contributed by atoms with Gasteiger partial charge < -0.3 is 14.8 Å². The SMILES string of the molecule is Cl.O=C(c1cccc2ccccc12)N1Cc2ccccc2N(Cc2cnc[nH]2)CC1Cc1ccccc1. The number of hydrogen-bond donors (Lipinski definition) is 1. The second-order valence-electron chi connectivity index (χ2n) is 9.39. The predicted octanol–water partition coefficient (Wildman–Crippen LogP) is 6.26. The molecule has 0 saturated carbocycles. The van der Waals surface area contributed by atoms with Gasteiger partial charge in [0.1, 0.15) is 0 Å². The topological polar surface area (TPSA) is 52.2 Å². The van der Waals surface area contributed by atoms with Gasteiger partial charge in [0.25, 0.3) is 5.91 Å². The lowest BCUT2D eigenvalue weighted by molar-refractivity contribution is 0.0673. The maximum atomic E-state index is 14.3. The number of H-pyrrole nitrogens is 1. The van der Waals surface area contributed by atoms with E-state index in [9.17, 15) is 4.79 Å². The van der Waals surface area contributed by atoms with Crippen molar-refractivity contribution in [3.05, 3.63) is 132 Å². The zero-order valence-electron chi connectivity index (χ0n) is 20.5. The standard InChI is InChI=1S/C31H28N4O.ClH/c36-31(29-15-8-13-24-11-4-6-14-28(24)29)35-19-25-12-5-7-16-30(25)34(20-26-18-32-22-33-26)21-27(35)17-23-9-2-1-3-10-23;/h1-16,18,22,27H,17,19-21H2,(H,32,33);1H. The normalized spacial score (nSPS) is 15.1. The second-order valence-corrected chi connectivity index (χ2v) is 9.39. The van der Waals surface area contributed by atoms with E-state index in [-0.39, 0.29) is 24.4 Å². The van der Waals surface area contributed by atoms with Gasteiger partial charge in [-0.3, -0.25) is 4.79 Å². The number of hydrogen-bond acceptors (Lipinski definition) is 3. The van der Waals surface area contributed by atoms with E-state index in [0.29, 0.717) is 13.1 Å². The van der Waals surface area contributed by atoms with Crippen molar-refractivity contribution in [2.45, 2.75) is 25.6 Å². The van der Waals surface area contributed by atoms with Crippen LogP contribution in [-0.2, 0) is 19.5 Å². The van der Waals surface area contributed by atoms with Crippen LogP contribution in [-0.4, -0.2) is 33.4 Å². The van der Waals surface area contributed by atoms with E-state index in [0.717, 1.165) is 40.6 Å². The molecule has 5 nitrogen and oxygen atoms in total. The van der Waals surface area contributed by atoms with Crippen LogP contribution < -0.4 is 4.90 Å². The second kappa shape index (κ2) is 10.9. The Morgan fingerprint density at radius 1 is 0.892 bits per heavy atom. The van der Waals surface area contributed by atoms with E-state index in [4.69, 9.17) is 0 Å². The summed E-state index contributed by atoms with van der Waals surface area (Å²) in [7, 11) is 0. The molecule has 6 heteroatoms. The monoisotopic (exact) mass is 508 g/mol. The van der Waals surface area contributed by atoms with Crippen molar-refractivity contribution in [3.8, 4) is 0 Å². The van der Waals surface area contributed by atoms with Crippen molar-refractivity contribution in [2.75, 3.05) is 11.4 Å². The summed E-state index contributed by atoms with van der Waals surface area (Å²) in [6.07, 6.45) is 4.38. The third-order valence-corrected chi connectivity index (χ3v) is 7.06. The number of aromatic nitrogens is 2. The Hall–Kier alpha value is -4.09. The fourth-order valence-corrected chi connectivity index (χ4v) is 5.31. The van der Waals surface area contributed by atoms with Gasteiger partial charge >= 0.3 is 0 Å². The summed E-state index contributed by atoms with van der Waals surface area (Å²) in [6.45, 7) is 2.00. The fourth-order valence-electron chi connectivity index (χ4n) is 5.31. The molecular weight excluding hydrogens is 480 g/mol. The van der Waals surface area contributed by atoms with E-state index in [1.54, 1.807) is 6.33 Å². The number of imidazole rings is 1. The number of rotatable bonds is 5. The fraction of sp³-hybridized carbons (Fsp3) is 0.161. The van der Waals surface area contributed by atoms with Gasteiger partial charge in [0, 0.05) is 30.5 Å². The molecular formula is C31H29ClN4O. The van der Waals surface area contributed by atoms with Crippen LogP contribution in [0.2, 0.25) is 0 Å². The highest BCUT2D eigenvalue weighted by atomic mass is 35.5. The van der Waals surface area contributed by atoms with E-state index >= 15 is 0 Å². The lowest BCUT2D eigenvalue weighted by Gasteiger charge is -2.33. The van der Waals surface area contributed by atoms with Gasteiger partial charge in [0.15, 0.2) is 0 Å². The highest BCUT2D eigenvalue weighted by Crippen LogP contribution is 2.31. The minimum Gasteiger partial charge on any atom is -0.363 e. The summed E-state index contributed by atoms with van der Waals surface area (Å²) in [5, 5.41) is 2.08. The van der Waals surface area contributed by atoms with Gasteiger partial charge in [-0.25, -0.2) is 4.98 Å². The molecule has 1 atom stereocenters. The van der Waals surface area contributed by atoms with Crippen molar-refractivity contribution < 1.29 is 4.79 Å². The van der Waals surface area contributed by atoms with Crippen molar-refractivity contribution in [1.82, 2.24) is 14.9 Å². The first-order chi connectivity index (χ1) is 17.8. The minimum atomic E-state index is -0.00538. The molecule has 4 aromatic carbocycles. The van der Waals surface area contributed by atoms with Crippen LogP contribution in [0.5, 0.6) is 0 Å². The average molecular weight is 509 g/mol. The number of benzene rings is 4. The Balaban J connectivity index is 0.00000280. The van der Waals surface area contributed by atoms with Gasteiger partial charge in [-0.05, 0) is 40.5 Å². The zero-order valence-corrected chi connectivity index (χ0v) is 21.3. The molecule has 0 fully saturated rings. The number of amides is 1. The number of aromatic amines is 1. The third-order valence-electron chi connectivity index (χ3n) is 7.06. The Bertz CT molecular complexity index is 1480. The number of anilines is 1. The molecule has 1 aliphatic rings. The molecule has 37 heavy (non-hydrogen) atoms. The molecule has 5 aromatic rings. The molecule has 0 radical (unpaired) electrons. The highest BCUT2D eigenvalue weighted by Gasteiger charge is 2.32. The quantitative estimate of drug-likeness (QED) is 0.305. The number of fused-ring (bicyclic) bond motifs is 2. The number of para-hydroxylation sites is 1. The van der Waals surface area contributed by atoms with Crippen LogP contribution >= 0.6 is 12.4 Å². The molecule has 0 bridgehead atoms. The van der Waals surface area contributed by atoms with E-state index in [1.807, 2.05) is 42.6 Å². The molecule has 6 rings (SSSR count). The van der Waals surface area contributed by atoms with Crippen LogP contribution in [0.4, 0.5) is 5.69 Å². The minimum absolute atomic E-state index is 0. The van der Waals surface area contributed by atoms with Gasteiger partial charge in [-0.2, -0.15) is 0 Å².